The SMILES string of the molecule is CCCCC(=O)NNC(=O)c1ccc(NS(=O)(=O)c2ccc(OCC)cc2)cc1. The number of ether oxygens (including phenoxy) is 1. The predicted octanol–water partition coefficient (Wildman–Crippen LogP) is 2.84. The van der Waals surface area contributed by atoms with Crippen LogP contribution in [-0.4, -0.2) is 26.8 Å². The van der Waals surface area contributed by atoms with E-state index in [9.17, 15) is 18.0 Å². The van der Waals surface area contributed by atoms with Gasteiger partial charge in [-0.05, 0) is 61.9 Å². The third-order valence-electron chi connectivity index (χ3n) is 3.92. The molecule has 0 aliphatic rings. The highest BCUT2D eigenvalue weighted by atomic mass is 32.2. The fourth-order valence-electron chi connectivity index (χ4n) is 2.38. The van der Waals surface area contributed by atoms with E-state index in [4.69, 9.17) is 4.74 Å². The maximum Gasteiger partial charge on any atom is 0.269 e. The van der Waals surface area contributed by atoms with Gasteiger partial charge in [0.1, 0.15) is 5.75 Å². The summed E-state index contributed by atoms with van der Waals surface area (Å²) in [5, 5.41) is 0. The molecule has 0 atom stereocenters. The normalized spacial score (nSPS) is 10.8. The van der Waals surface area contributed by atoms with Crippen LogP contribution in [0.2, 0.25) is 0 Å². The van der Waals surface area contributed by atoms with Gasteiger partial charge in [-0.3, -0.25) is 25.2 Å². The molecule has 29 heavy (non-hydrogen) atoms. The third-order valence-corrected chi connectivity index (χ3v) is 5.31. The summed E-state index contributed by atoms with van der Waals surface area (Å²) in [7, 11) is -3.77. The van der Waals surface area contributed by atoms with Crippen LogP contribution in [0.15, 0.2) is 53.4 Å². The van der Waals surface area contributed by atoms with E-state index >= 15 is 0 Å². The summed E-state index contributed by atoms with van der Waals surface area (Å²) in [6, 6.07) is 11.9. The summed E-state index contributed by atoms with van der Waals surface area (Å²) in [5.74, 6) is -0.167. The lowest BCUT2D eigenvalue weighted by atomic mass is 10.2. The molecular formula is C20H25N3O5S. The maximum atomic E-state index is 12.5. The molecule has 156 valence electrons. The molecule has 0 aliphatic carbocycles. The Labute approximate surface area is 170 Å². The number of carbonyl (C=O) groups excluding carboxylic acids is 2. The van der Waals surface area contributed by atoms with E-state index in [1.54, 1.807) is 12.1 Å². The van der Waals surface area contributed by atoms with E-state index in [-0.39, 0.29) is 16.4 Å². The molecule has 2 aromatic rings. The lowest BCUT2D eigenvalue weighted by molar-refractivity contribution is -0.121. The second kappa shape index (κ2) is 10.5. The molecule has 0 unspecified atom stereocenters. The van der Waals surface area contributed by atoms with Crippen molar-refractivity contribution in [3.05, 3.63) is 54.1 Å². The van der Waals surface area contributed by atoms with Gasteiger partial charge in [0.2, 0.25) is 5.91 Å². The fraction of sp³-hybridized carbons (Fsp3) is 0.300. The molecule has 0 aromatic heterocycles. The summed E-state index contributed by atoms with van der Waals surface area (Å²) in [6.45, 7) is 4.31. The van der Waals surface area contributed by atoms with Gasteiger partial charge in [0.25, 0.3) is 15.9 Å². The molecule has 0 aliphatic heterocycles. The molecule has 8 nitrogen and oxygen atoms in total. The molecule has 0 fully saturated rings. The third kappa shape index (κ3) is 6.79. The molecular weight excluding hydrogens is 394 g/mol. The number of rotatable bonds is 9. The smallest absolute Gasteiger partial charge is 0.269 e. The van der Waals surface area contributed by atoms with Crippen molar-refractivity contribution in [3.63, 3.8) is 0 Å². The number of hydrogen-bond donors (Lipinski definition) is 3. The van der Waals surface area contributed by atoms with Crippen molar-refractivity contribution in [1.82, 2.24) is 10.9 Å². The largest absolute Gasteiger partial charge is 0.494 e. The summed E-state index contributed by atoms with van der Waals surface area (Å²) in [5.41, 5.74) is 5.26. The van der Waals surface area contributed by atoms with Crippen molar-refractivity contribution in [1.29, 1.82) is 0 Å². The first kappa shape index (κ1) is 22.2. The van der Waals surface area contributed by atoms with Crippen LogP contribution in [0.4, 0.5) is 5.69 Å². The van der Waals surface area contributed by atoms with Crippen LogP contribution in [0.1, 0.15) is 43.5 Å². The van der Waals surface area contributed by atoms with Gasteiger partial charge in [-0.25, -0.2) is 8.42 Å². The minimum Gasteiger partial charge on any atom is -0.494 e. The van der Waals surface area contributed by atoms with Crippen molar-refractivity contribution in [2.75, 3.05) is 11.3 Å². The first-order valence-corrected chi connectivity index (χ1v) is 10.8. The number of hydrogen-bond acceptors (Lipinski definition) is 5. The number of anilines is 1. The molecule has 2 aromatic carbocycles. The number of sulfonamides is 1. The standard InChI is InChI=1S/C20H25N3O5S/c1-3-5-6-19(24)21-22-20(25)15-7-9-16(10-8-15)23-29(26,27)18-13-11-17(12-14-18)28-4-2/h7-14,23H,3-6H2,1-2H3,(H,21,24)(H,22,25). The van der Waals surface area contributed by atoms with Gasteiger partial charge in [-0.2, -0.15) is 0 Å². The Balaban J connectivity index is 1.97. The van der Waals surface area contributed by atoms with Gasteiger partial charge in [0, 0.05) is 17.7 Å². The maximum absolute atomic E-state index is 12.5. The van der Waals surface area contributed by atoms with Crippen LogP contribution in [0.3, 0.4) is 0 Å². The van der Waals surface area contributed by atoms with Gasteiger partial charge in [0.15, 0.2) is 0 Å². The second-order valence-electron chi connectivity index (χ2n) is 6.19. The van der Waals surface area contributed by atoms with Crippen molar-refractivity contribution < 1.29 is 22.7 Å². The molecule has 0 bridgehead atoms. The van der Waals surface area contributed by atoms with E-state index in [0.29, 0.717) is 24.5 Å². The Morgan fingerprint density at radius 1 is 0.931 bits per heavy atom. The average Bonchev–Trinajstić information content (AvgIpc) is 2.71. The molecule has 0 saturated carbocycles. The van der Waals surface area contributed by atoms with Crippen molar-refractivity contribution in [2.45, 2.75) is 38.0 Å². The quantitative estimate of drug-likeness (QED) is 0.541. The molecule has 0 radical (unpaired) electrons. The Morgan fingerprint density at radius 3 is 2.17 bits per heavy atom. The number of carbonyl (C=O) groups is 2. The summed E-state index contributed by atoms with van der Waals surface area (Å²) in [4.78, 5) is 23.7. The zero-order valence-corrected chi connectivity index (χ0v) is 17.2. The fourth-order valence-corrected chi connectivity index (χ4v) is 3.44. The van der Waals surface area contributed by atoms with Crippen molar-refractivity contribution >= 4 is 27.5 Å². The highest BCUT2D eigenvalue weighted by Crippen LogP contribution is 2.19. The zero-order chi connectivity index (χ0) is 21.3. The van der Waals surface area contributed by atoms with Gasteiger partial charge in [-0.1, -0.05) is 13.3 Å². The van der Waals surface area contributed by atoms with Crippen LogP contribution >= 0.6 is 0 Å². The zero-order valence-electron chi connectivity index (χ0n) is 16.4. The van der Waals surface area contributed by atoms with Crippen molar-refractivity contribution in [3.8, 4) is 5.75 Å². The number of hydrazine groups is 1. The molecule has 2 amide bonds. The number of benzene rings is 2. The van der Waals surface area contributed by atoms with Gasteiger partial charge in [0.05, 0.1) is 11.5 Å². The number of unbranched alkanes of at least 4 members (excludes halogenated alkanes) is 1. The van der Waals surface area contributed by atoms with E-state index in [1.165, 1.54) is 36.4 Å². The van der Waals surface area contributed by atoms with Crippen molar-refractivity contribution in [2.24, 2.45) is 0 Å². The lowest BCUT2D eigenvalue weighted by Crippen LogP contribution is -2.41. The Bertz CT molecular complexity index is 926. The summed E-state index contributed by atoms with van der Waals surface area (Å²) >= 11 is 0. The topological polar surface area (TPSA) is 114 Å². The minimum atomic E-state index is -3.77. The Kier molecular flexibility index (Phi) is 8.02. The molecule has 9 heteroatoms. The van der Waals surface area contributed by atoms with E-state index < -0.39 is 15.9 Å². The van der Waals surface area contributed by atoms with Crippen LogP contribution in [-0.2, 0) is 14.8 Å². The second-order valence-corrected chi connectivity index (χ2v) is 7.88. The van der Waals surface area contributed by atoms with Gasteiger partial charge in [-0.15, -0.1) is 0 Å². The number of nitrogens with one attached hydrogen (secondary N) is 3. The minimum absolute atomic E-state index is 0.0950. The molecule has 3 N–H and O–H groups in total. The number of amides is 2. The van der Waals surface area contributed by atoms with Crippen LogP contribution in [0.5, 0.6) is 5.75 Å². The summed E-state index contributed by atoms with van der Waals surface area (Å²) in [6.07, 6.45) is 1.96. The highest BCUT2D eigenvalue weighted by Gasteiger charge is 2.15. The predicted molar refractivity (Wildman–Crippen MR) is 110 cm³/mol. The molecule has 0 saturated heterocycles. The van der Waals surface area contributed by atoms with E-state index in [2.05, 4.69) is 15.6 Å². The first-order valence-electron chi connectivity index (χ1n) is 9.30. The van der Waals surface area contributed by atoms with Crippen LogP contribution < -0.4 is 20.3 Å². The molecule has 2 rings (SSSR count). The van der Waals surface area contributed by atoms with Crippen LogP contribution in [0.25, 0.3) is 0 Å². The van der Waals surface area contributed by atoms with Crippen LogP contribution in [0, 0.1) is 0 Å². The monoisotopic (exact) mass is 419 g/mol. The summed E-state index contributed by atoms with van der Waals surface area (Å²) < 4.78 is 32.7. The lowest BCUT2D eigenvalue weighted by Gasteiger charge is -2.10. The van der Waals surface area contributed by atoms with Gasteiger partial charge >= 0.3 is 0 Å². The Hall–Kier alpha value is -3.07. The first-order chi connectivity index (χ1) is 13.9. The Morgan fingerprint density at radius 2 is 1.59 bits per heavy atom. The van der Waals surface area contributed by atoms with Gasteiger partial charge < -0.3 is 4.74 Å². The molecule has 0 spiro atoms. The highest BCUT2D eigenvalue weighted by molar-refractivity contribution is 7.92. The average molecular weight is 420 g/mol. The molecule has 0 heterocycles. The van der Waals surface area contributed by atoms with E-state index in [1.807, 2.05) is 13.8 Å². The van der Waals surface area contributed by atoms with E-state index in [0.717, 1.165) is 12.8 Å².